The number of guanidine groups is 1. The quantitative estimate of drug-likeness (QED) is 0.404. The van der Waals surface area contributed by atoms with E-state index in [4.69, 9.17) is 9.47 Å². The Bertz CT molecular complexity index is 713. The summed E-state index contributed by atoms with van der Waals surface area (Å²) in [5.41, 5.74) is 1.23. The number of nitrogens with zero attached hydrogens (tertiary/aromatic N) is 2. The molecule has 1 fully saturated rings. The van der Waals surface area contributed by atoms with Crippen molar-refractivity contribution in [2.45, 2.75) is 13.0 Å². The number of aliphatic imine (C=N–C) groups is 1. The Morgan fingerprint density at radius 2 is 2.00 bits per heavy atom. The van der Waals surface area contributed by atoms with E-state index >= 15 is 0 Å². The van der Waals surface area contributed by atoms with Crippen molar-refractivity contribution in [3.63, 3.8) is 0 Å². The van der Waals surface area contributed by atoms with Crippen LogP contribution in [0.15, 0.2) is 46.8 Å². The molecule has 28 heavy (non-hydrogen) atoms. The van der Waals surface area contributed by atoms with Crippen molar-refractivity contribution < 1.29 is 9.47 Å². The lowest BCUT2D eigenvalue weighted by atomic mass is 10.2. The molecule has 1 aromatic heterocycles. The predicted octanol–water partition coefficient (Wildman–Crippen LogP) is 2.67. The van der Waals surface area contributed by atoms with Crippen LogP contribution in [0, 0.1) is 6.92 Å². The summed E-state index contributed by atoms with van der Waals surface area (Å²) in [6.07, 6.45) is 0. The van der Waals surface area contributed by atoms with Crippen LogP contribution in [-0.2, 0) is 4.74 Å². The summed E-state index contributed by atoms with van der Waals surface area (Å²) in [5, 5.41) is 8.93. The van der Waals surface area contributed by atoms with E-state index in [9.17, 15) is 0 Å². The Hall–Kier alpha value is -2.09. The molecule has 2 aromatic rings. The van der Waals surface area contributed by atoms with Crippen LogP contribution >= 0.6 is 11.3 Å². The minimum atomic E-state index is 0.325. The summed E-state index contributed by atoms with van der Waals surface area (Å²) in [6, 6.07) is 12.7. The van der Waals surface area contributed by atoms with Crippen LogP contribution in [0.4, 0.5) is 0 Å². The van der Waals surface area contributed by atoms with Crippen molar-refractivity contribution >= 4 is 17.3 Å². The number of ether oxygens (including phenoxy) is 2. The first-order valence-corrected chi connectivity index (χ1v) is 10.6. The monoisotopic (exact) mass is 402 g/mol. The van der Waals surface area contributed by atoms with Crippen molar-refractivity contribution in [3.05, 3.63) is 52.2 Å². The molecule has 152 valence electrons. The Labute approximate surface area is 171 Å². The summed E-state index contributed by atoms with van der Waals surface area (Å²) >= 11 is 1.80. The molecule has 3 rings (SSSR count). The Balaban J connectivity index is 1.45. The number of hydrogen-bond acceptors (Lipinski definition) is 5. The highest BCUT2D eigenvalue weighted by Crippen LogP contribution is 2.25. The maximum atomic E-state index is 5.77. The summed E-state index contributed by atoms with van der Waals surface area (Å²) in [7, 11) is 1.80. The molecule has 6 nitrogen and oxygen atoms in total. The lowest BCUT2D eigenvalue weighted by molar-refractivity contribution is 0.0177. The first kappa shape index (κ1) is 20.6. The molecular weight excluding hydrogens is 372 g/mol. The van der Waals surface area contributed by atoms with Crippen LogP contribution in [0.2, 0.25) is 0 Å². The van der Waals surface area contributed by atoms with Gasteiger partial charge in [0.05, 0.1) is 25.8 Å². The molecule has 1 aromatic carbocycles. The van der Waals surface area contributed by atoms with Gasteiger partial charge in [-0.3, -0.25) is 9.89 Å². The lowest BCUT2D eigenvalue weighted by Crippen LogP contribution is -2.46. The number of thiophene rings is 1. The second kappa shape index (κ2) is 11.0. The zero-order valence-electron chi connectivity index (χ0n) is 16.7. The highest BCUT2D eigenvalue weighted by molar-refractivity contribution is 7.10. The van der Waals surface area contributed by atoms with E-state index in [0.29, 0.717) is 19.2 Å². The normalized spacial score (nSPS) is 16.6. The molecule has 0 saturated carbocycles. The Morgan fingerprint density at radius 1 is 1.21 bits per heavy atom. The second-order valence-corrected chi connectivity index (χ2v) is 7.70. The Morgan fingerprint density at radius 3 is 2.68 bits per heavy atom. The number of nitrogens with one attached hydrogen (secondary N) is 2. The zero-order valence-corrected chi connectivity index (χ0v) is 17.5. The van der Waals surface area contributed by atoms with E-state index in [2.05, 4.69) is 57.1 Å². The van der Waals surface area contributed by atoms with Gasteiger partial charge in [0.25, 0.3) is 0 Å². The molecule has 7 heteroatoms. The van der Waals surface area contributed by atoms with E-state index in [-0.39, 0.29) is 0 Å². The van der Waals surface area contributed by atoms with Crippen molar-refractivity contribution in [1.29, 1.82) is 0 Å². The minimum Gasteiger partial charge on any atom is -0.492 e. The van der Waals surface area contributed by atoms with Crippen molar-refractivity contribution in [3.8, 4) is 5.75 Å². The summed E-state index contributed by atoms with van der Waals surface area (Å²) < 4.78 is 11.3. The van der Waals surface area contributed by atoms with E-state index in [1.54, 1.807) is 18.4 Å². The Kier molecular flexibility index (Phi) is 8.14. The first-order valence-electron chi connectivity index (χ1n) is 9.75. The summed E-state index contributed by atoms with van der Waals surface area (Å²) in [6.45, 7) is 7.66. The van der Waals surface area contributed by atoms with Gasteiger partial charge in [-0.05, 0) is 30.5 Å². The molecule has 2 N–H and O–H groups in total. The van der Waals surface area contributed by atoms with Crippen LogP contribution in [0.1, 0.15) is 16.5 Å². The maximum absolute atomic E-state index is 5.77. The number of morpholine rings is 1. The van der Waals surface area contributed by atoms with Gasteiger partial charge < -0.3 is 20.1 Å². The fraction of sp³-hybridized carbons (Fsp3) is 0.476. The summed E-state index contributed by atoms with van der Waals surface area (Å²) in [4.78, 5) is 8.19. The van der Waals surface area contributed by atoms with Crippen molar-refractivity contribution in [1.82, 2.24) is 15.5 Å². The number of hydrogen-bond donors (Lipinski definition) is 2. The second-order valence-electron chi connectivity index (χ2n) is 6.72. The first-order chi connectivity index (χ1) is 13.8. The fourth-order valence-corrected chi connectivity index (χ4v) is 4.03. The third-order valence-corrected chi connectivity index (χ3v) is 5.70. The van der Waals surface area contributed by atoms with Crippen molar-refractivity contribution in [2.75, 3.05) is 53.0 Å². The average molecular weight is 403 g/mol. The van der Waals surface area contributed by atoms with Gasteiger partial charge in [-0.2, -0.15) is 0 Å². The zero-order chi connectivity index (χ0) is 19.6. The molecule has 1 aliphatic heterocycles. The van der Waals surface area contributed by atoms with Gasteiger partial charge >= 0.3 is 0 Å². The van der Waals surface area contributed by atoms with Crippen LogP contribution in [-0.4, -0.2) is 63.9 Å². The molecule has 2 heterocycles. The maximum Gasteiger partial charge on any atom is 0.191 e. The van der Waals surface area contributed by atoms with Gasteiger partial charge in [0.15, 0.2) is 5.96 Å². The van der Waals surface area contributed by atoms with Gasteiger partial charge in [-0.1, -0.05) is 23.8 Å². The van der Waals surface area contributed by atoms with Gasteiger partial charge in [0, 0.05) is 31.6 Å². The molecule has 1 saturated heterocycles. The molecule has 0 bridgehead atoms. The molecule has 0 aliphatic carbocycles. The van der Waals surface area contributed by atoms with E-state index in [1.165, 1.54) is 10.4 Å². The molecule has 1 atom stereocenters. The fourth-order valence-electron chi connectivity index (χ4n) is 3.17. The minimum absolute atomic E-state index is 0.325. The van der Waals surface area contributed by atoms with Gasteiger partial charge in [0.1, 0.15) is 12.4 Å². The van der Waals surface area contributed by atoms with E-state index in [0.717, 1.165) is 44.6 Å². The highest BCUT2D eigenvalue weighted by Gasteiger charge is 2.23. The van der Waals surface area contributed by atoms with Gasteiger partial charge in [0.2, 0.25) is 0 Å². The van der Waals surface area contributed by atoms with Crippen LogP contribution in [0.5, 0.6) is 5.75 Å². The number of aryl methyl sites for hydroxylation is 1. The SMILES string of the molecule is CN=C(NCCOc1ccc(C)cc1)NCC(c1cccs1)N1CCOCC1. The third kappa shape index (κ3) is 6.22. The van der Waals surface area contributed by atoms with Crippen LogP contribution in [0.25, 0.3) is 0 Å². The average Bonchev–Trinajstić information content (AvgIpc) is 3.26. The van der Waals surface area contributed by atoms with Crippen LogP contribution in [0.3, 0.4) is 0 Å². The summed E-state index contributed by atoms with van der Waals surface area (Å²) in [5.74, 6) is 1.68. The van der Waals surface area contributed by atoms with E-state index in [1.807, 2.05) is 12.1 Å². The van der Waals surface area contributed by atoms with Gasteiger partial charge in [-0.25, -0.2) is 0 Å². The molecule has 1 aliphatic rings. The number of benzene rings is 1. The van der Waals surface area contributed by atoms with E-state index < -0.39 is 0 Å². The topological polar surface area (TPSA) is 58.1 Å². The van der Waals surface area contributed by atoms with Gasteiger partial charge in [-0.15, -0.1) is 11.3 Å². The molecular formula is C21H30N4O2S. The molecule has 0 spiro atoms. The van der Waals surface area contributed by atoms with Crippen LogP contribution < -0.4 is 15.4 Å². The third-order valence-electron chi connectivity index (χ3n) is 4.73. The smallest absolute Gasteiger partial charge is 0.191 e. The lowest BCUT2D eigenvalue weighted by Gasteiger charge is -2.34. The largest absolute Gasteiger partial charge is 0.492 e. The van der Waals surface area contributed by atoms with Crippen molar-refractivity contribution in [2.24, 2.45) is 4.99 Å². The molecule has 1 unspecified atom stereocenters. The number of rotatable bonds is 8. The molecule has 0 radical (unpaired) electrons. The predicted molar refractivity (Wildman–Crippen MR) is 115 cm³/mol. The molecule has 0 amide bonds. The standard InChI is InChI=1S/C21H30N4O2S/c1-17-5-7-18(8-6-17)27-12-9-23-21(22-2)24-16-19(20-4-3-15-28-20)25-10-13-26-14-11-25/h3-8,15,19H,9-14,16H2,1-2H3,(H2,22,23,24). The highest BCUT2D eigenvalue weighted by atomic mass is 32.1.